The maximum absolute atomic E-state index is 10.9. The number of hydrogen-bond acceptors (Lipinski definition) is 3. The van der Waals surface area contributed by atoms with Crippen LogP contribution in [0.3, 0.4) is 0 Å². The lowest BCUT2D eigenvalue weighted by molar-refractivity contribution is 0.0686. The molecule has 3 N–H and O–H groups in total. The lowest BCUT2D eigenvalue weighted by atomic mass is 9.99. The van der Waals surface area contributed by atoms with E-state index in [1.165, 1.54) is 24.3 Å². The van der Waals surface area contributed by atoms with Gasteiger partial charge in [0.15, 0.2) is 0 Å². The SMILES string of the molecule is N=C(c1cccc(C(=O)O)c1)c1cccc(C(=O)O)c1. The Morgan fingerprint density at radius 3 is 1.45 bits per heavy atom. The molecule has 0 bridgehead atoms. The summed E-state index contributed by atoms with van der Waals surface area (Å²) in [5.41, 5.74) is 1.10. The van der Waals surface area contributed by atoms with Gasteiger partial charge in [0.1, 0.15) is 0 Å². The molecule has 0 heterocycles. The molecule has 0 unspecified atom stereocenters. The second-order valence-electron chi connectivity index (χ2n) is 4.15. The number of carboxylic acids is 2. The fourth-order valence-corrected chi connectivity index (χ4v) is 1.78. The summed E-state index contributed by atoms with van der Waals surface area (Å²) >= 11 is 0. The van der Waals surface area contributed by atoms with Gasteiger partial charge in [-0.05, 0) is 24.3 Å². The summed E-state index contributed by atoms with van der Waals surface area (Å²) in [4.78, 5) is 21.8. The molecular formula is C15H11NO4. The highest BCUT2D eigenvalue weighted by molar-refractivity contribution is 6.12. The normalized spacial score (nSPS) is 10.0. The largest absolute Gasteiger partial charge is 0.478 e. The number of aromatic carboxylic acids is 2. The van der Waals surface area contributed by atoms with E-state index in [1.807, 2.05) is 0 Å². The van der Waals surface area contributed by atoms with Gasteiger partial charge in [0.2, 0.25) is 0 Å². The Hall–Kier alpha value is -2.95. The van der Waals surface area contributed by atoms with Crippen LogP contribution in [0, 0.1) is 5.41 Å². The van der Waals surface area contributed by atoms with Gasteiger partial charge in [-0.1, -0.05) is 24.3 Å². The average molecular weight is 269 g/mol. The quantitative estimate of drug-likeness (QED) is 0.742. The smallest absolute Gasteiger partial charge is 0.335 e. The first-order valence-corrected chi connectivity index (χ1v) is 5.75. The van der Waals surface area contributed by atoms with Gasteiger partial charge in [-0.2, -0.15) is 0 Å². The van der Waals surface area contributed by atoms with Crippen molar-refractivity contribution in [2.75, 3.05) is 0 Å². The van der Waals surface area contributed by atoms with E-state index in [2.05, 4.69) is 0 Å². The van der Waals surface area contributed by atoms with E-state index in [9.17, 15) is 9.59 Å². The summed E-state index contributed by atoms with van der Waals surface area (Å²) in [5, 5.41) is 25.9. The number of nitrogens with one attached hydrogen (secondary N) is 1. The number of rotatable bonds is 4. The molecule has 5 heteroatoms. The lowest BCUT2D eigenvalue weighted by Gasteiger charge is -2.06. The molecule has 0 aliphatic heterocycles. The molecular weight excluding hydrogens is 258 g/mol. The van der Waals surface area contributed by atoms with Crippen LogP contribution in [0.15, 0.2) is 48.5 Å². The van der Waals surface area contributed by atoms with Gasteiger partial charge in [0.25, 0.3) is 0 Å². The van der Waals surface area contributed by atoms with E-state index in [0.717, 1.165) is 0 Å². The van der Waals surface area contributed by atoms with Crippen molar-refractivity contribution < 1.29 is 19.8 Å². The Morgan fingerprint density at radius 2 is 1.10 bits per heavy atom. The molecule has 2 aromatic carbocycles. The summed E-state index contributed by atoms with van der Waals surface area (Å²) in [6.45, 7) is 0. The predicted octanol–water partition coefficient (Wildman–Crippen LogP) is 2.50. The molecule has 0 fully saturated rings. The van der Waals surface area contributed by atoms with Crippen molar-refractivity contribution in [1.82, 2.24) is 0 Å². The van der Waals surface area contributed by atoms with Crippen LogP contribution >= 0.6 is 0 Å². The van der Waals surface area contributed by atoms with Crippen molar-refractivity contribution in [2.45, 2.75) is 0 Å². The summed E-state index contributed by atoms with van der Waals surface area (Å²) in [5.74, 6) is -2.14. The van der Waals surface area contributed by atoms with E-state index < -0.39 is 11.9 Å². The zero-order valence-corrected chi connectivity index (χ0v) is 10.3. The molecule has 2 rings (SSSR count). The number of hydrogen-bond donors (Lipinski definition) is 3. The van der Waals surface area contributed by atoms with Gasteiger partial charge in [-0.25, -0.2) is 9.59 Å². The standard InChI is InChI=1S/C15H11NO4/c16-13(9-3-1-5-11(7-9)14(17)18)10-4-2-6-12(8-10)15(19)20/h1-8,16H,(H,17,18)(H,19,20). The topological polar surface area (TPSA) is 98.5 Å². The summed E-state index contributed by atoms with van der Waals surface area (Å²) in [6, 6.07) is 12.0. The van der Waals surface area contributed by atoms with Gasteiger partial charge >= 0.3 is 11.9 Å². The van der Waals surface area contributed by atoms with Crippen LogP contribution in [0.2, 0.25) is 0 Å². The molecule has 0 saturated heterocycles. The van der Waals surface area contributed by atoms with Gasteiger partial charge in [0.05, 0.1) is 16.8 Å². The van der Waals surface area contributed by atoms with Gasteiger partial charge < -0.3 is 10.2 Å². The monoisotopic (exact) mass is 269 g/mol. The van der Waals surface area contributed by atoms with Crippen LogP contribution in [0.4, 0.5) is 0 Å². The van der Waals surface area contributed by atoms with E-state index in [4.69, 9.17) is 15.6 Å². The maximum atomic E-state index is 10.9. The van der Waals surface area contributed by atoms with Crippen molar-refractivity contribution in [3.05, 3.63) is 70.8 Å². The van der Waals surface area contributed by atoms with Crippen molar-refractivity contribution >= 4 is 17.7 Å². The van der Waals surface area contributed by atoms with E-state index in [-0.39, 0.29) is 16.8 Å². The fourth-order valence-electron chi connectivity index (χ4n) is 1.78. The molecule has 0 spiro atoms. The third-order valence-electron chi connectivity index (χ3n) is 2.80. The number of benzene rings is 2. The number of carbonyl (C=O) groups is 2. The minimum absolute atomic E-state index is 0.0798. The first-order valence-electron chi connectivity index (χ1n) is 5.75. The third kappa shape index (κ3) is 2.72. The first-order chi connectivity index (χ1) is 9.49. The Bertz CT molecular complexity index is 647. The molecule has 100 valence electrons. The predicted molar refractivity (Wildman–Crippen MR) is 72.7 cm³/mol. The second-order valence-corrected chi connectivity index (χ2v) is 4.15. The van der Waals surface area contributed by atoms with Gasteiger partial charge in [0, 0.05) is 11.1 Å². The van der Waals surface area contributed by atoms with E-state index >= 15 is 0 Å². The van der Waals surface area contributed by atoms with Crippen LogP contribution < -0.4 is 0 Å². The van der Waals surface area contributed by atoms with Crippen LogP contribution in [0.1, 0.15) is 31.8 Å². The summed E-state index contributed by atoms with van der Waals surface area (Å²) in [7, 11) is 0. The Morgan fingerprint density at radius 1 is 0.750 bits per heavy atom. The van der Waals surface area contributed by atoms with E-state index in [1.54, 1.807) is 24.3 Å². The summed E-state index contributed by atoms with van der Waals surface area (Å²) < 4.78 is 0. The third-order valence-corrected chi connectivity index (χ3v) is 2.80. The highest BCUT2D eigenvalue weighted by Crippen LogP contribution is 2.13. The van der Waals surface area contributed by atoms with Crippen LogP contribution in [-0.2, 0) is 0 Å². The number of carboxylic acid groups (broad SMARTS) is 2. The highest BCUT2D eigenvalue weighted by atomic mass is 16.4. The van der Waals surface area contributed by atoms with Gasteiger partial charge in [-0.15, -0.1) is 0 Å². The van der Waals surface area contributed by atoms with Crippen molar-refractivity contribution in [1.29, 1.82) is 5.41 Å². The first kappa shape index (κ1) is 13.5. The maximum Gasteiger partial charge on any atom is 0.335 e. The highest BCUT2D eigenvalue weighted by Gasteiger charge is 2.10. The molecule has 0 amide bonds. The molecule has 0 radical (unpaired) electrons. The van der Waals surface area contributed by atoms with Crippen LogP contribution in [0.25, 0.3) is 0 Å². The molecule has 20 heavy (non-hydrogen) atoms. The average Bonchev–Trinajstić information content (AvgIpc) is 2.46. The molecule has 5 nitrogen and oxygen atoms in total. The Kier molecular flexibility index (Phi) is 3.61. The van der Waals surface area contributed by atoms with Crippen molar-refractivity contribution in [2.24, 2.45) is 0 Å². The van der Waals surface area contributed by atoms with Crippen molar-refractivity contribution in [3.63, 3.8) is 0 Å². The zero-order chi connectivity index (χ0) is 14.7. The Labute approximate surface area is 114 Å². The van der Waals surface area contributed by atoms with Crippen LogP contribution in [0.5, 0.6) is 0 Å². The minimum Gasteiger partial charge on any atom is -0.478 e. The molecule has 0 saturated carbocycles. The molecule has 0 atom stereocenters. The molecule has 0 aliphatic carbocycles. The van der Waals surface area contributed by atoms with E-state index in [0.29, 0.717) is 11.1 Å². The molecule has 0 aromatic heterocycles. The Balaban J connectivity index is 2.41. The molecule has 2 aromatic rings. The zero-order valence-electron chi connectivity index (χ0n) is 10.3. The van der Waals surface area contributed by atoms with Crippen LogP contribution in [-0.4, -0.2) is 27.9 Å². The minimum atomic E-state index is -1.07. The molecule has 0 aliphatic rings. The van der Waals surface area contributed by atoms with Gasteiger partial charge in [-0.3, -0.25) is 5.41 Å². The fraction of sp³-hybridized carbons (Fsp3) is 0. The second kappa shape index (κ2) is 5.36. The summed E-state index contributed by atoms with van der Waals surface area (Å²) in [6.07, 6.45) is 0. The lowest BCUT2D eigenvalue weighted by Crippen LogP contribution is -2.06. The van der Waals surface area contributed by atoms with Crippen molar-refractivity contribution in [3.8, 4) is 0 Å².